The highest BCUT2D eigenvalue weighted by Gasteiger charge is 2.41. The van der Waals surface area contributed by atoms with Crippen LogP contribution in [0, 0.1) is 0 Å². The summed E-state index contributed by atoms with van der Waals surface area (Å²) in [6.45, 7) is 0.518. The molecule has 4 aliphatic heterocycles. The third kappa shape index (κ3) is 2.68. The molecule has 0 unspecified atom stereocenters. The van der Waals surface area contributed by atoms with Gasteiger partial charge in [0.1, 0.15) is 0 Å². The molecule has 2 nitrogen and oxygen atoms in total. The average molecular weight is 604 g/mol. The van der Waals surface area contributed by atoms with Crippen molar-refractivity contribution in [3.63, 3.8) is 0 Å². The summed E-state index contributed by atoms with van der Waals surface area (Å²) < 4.78 is 5.22. The summed E-state index contributed by atoms with van der Waals surface area (Å²) in [5.74, 6) is 0. The van der Waals surface area contributed by atoms with Crippen LogP contribution in [-0.4, -0.2) is 22.6 Å². The molecule has 2 aromatic heterocycles. The zero-order valence-electron chi connectivity index (χ0n) is 26.2. The van der Waals surface area contributed by atoms with Gasteiger partial charge < -0.3 is 9.13 Å². The Morgan fingerprint density at radius 3 is 1.31 bits per heavy atom. The van der Waals surface area contributed by atoms with Crippen molar-refractivity contribution < 1.29 is 0 Å². The number of rotatable bonds is 0. The number of hydrogen-bond acceptors (Lipinski definition) is 0. The third-order valence-electron chi connectivity index (χ3n) is 12.3. The molecule has 218 valence electrons. The molecule has 0 saturated carbocycles. The maximum atomic E-state index is 2.61. The van der Waals surface area contributed by atoms with Crippen molar-refractivity contribution in [3.05, 3.63) is 156 Å². The fourth-order valence-electron chi connectivity index (χ4n) is 10.5. The SMILES string of the molecule is c1ccc2c(c1)Cc1ccc3c4cc5c6ccc7c8c6n(c5cc4n4c3c1B2c1ccccc1-4)-c1ccccc1B8c1ccccc1C7. The van der Waals surface area contributed by atoms with Gasteiger partial charge in [-0.1, -0.05) is 120 Å². The lowest BCUT2D eigenvalue weighted by molar-refractivity contribution is 1.15. The van der Waals surface area contributed by atoms with Gasteiger partial charge in [0.05, 0.1) is 11.0 Å². The van der Waals surface area contributed by atoms with Gasteiger partial charge in [-0.05, 0) is 81.2 Å². The van der Waals surface area contributed by atoms with E-state index < -0.39 is 0 Å². The minimum Gasteiger partial charge on any atom is -0.310 e. The number of fused-ring (bicyclic) bond motifs is 16. The van der Waals surface area contributed by atoms with Crippen LogP contribution in [0.5, 0.6) is 0 Å². The molecular formula is C44H26B2N2. The molecule has 4 aliphatic rings. The van der Waals surface area contributed by atoms with Crippen molar-refractivity contribution in [2.24, 2.45) is 0 Å². The lowest BCUT2D eigenvalue weighted by Crippen LogP contribution is -2.60. The van der Waals surface area contributed by atoms with Crippen LogP contribution in [0.15, 0.2) is 133 Å². The van der Waals surface area contributed by atoms with Gasteiger partial charge in [0.25, 0.3) is 0 Å². The van der Waals surface area contributed by atoms with Gasteiger partial charge in [-0.3, -0.25) is 0 Å². The van der Waals surface area contributed by atoms with Gasteiger partial charge in [0, 0.05) is 44.0 Å². The van der Waals surface area contributed by atoms with Crippen molar-refractivity contribution in [1.82, 2.24) is 9.13 Å². The summed E-state index contributed by atoms with van der Waals surface area (Å²) in [7, 11) is 0. The van der Waals surface area contributed by atoms with E-state index >= 15 is 0 Å². The summed E-state index contributed by atoms with van der Waals surface area (Å²) in [5, 5.41) is 5.43. The molecule has 48 heavy (non-hydrogen) atoms. The molecule has 0 radical (unpaired) electrons. The molecule has 0 spiro atoms. The molecule has 13 rings (SSSR count). The monoisotopic (exact) mass is 604 g/mol. The van der Waals surface area contributed by atoms with Crippen LogP contribution in [-0.2, 0) is 12.8 Å². The number of nitrogens with zero attached hydrogens (tertiary/aromatic N) is 2. The van der Waals surface area contributed by atoms with Gasteiger partial charge in [-0.2, -0.15) is 0 Å². The minimum absolute atomic E-state index is 0.259. The smallest absolute Gasteiger partial charge is 0.247 e. The topological polar surface area (TPSA) is 9.86 Å². The van der Waals surface area contributed by atoms with E-state index in [0.29, 0.717) is 0 Å². The molecule has 6 heterocycles. The lowest BCUT2D eigenvalue weighted by atomic mass is 9.32. The molecular weight excluding hydrogens is 578 g/mol. The van der Waals surface area contributed by atoms with E-state index in [1.807, 2.05) is 0 Å². The van der Waals surface area contributed by atoms with Gasteiger partial charge >= 0.3 is 0 Å². The van der Waals surface area contributed by atoms with Gasteiger partial charge in [-0.25, -0.2) is 0 Å². The van der Waals surface area contributed by atoms with Crippen molar-refractivity contribution in [1.29, 1.82) is 0 Å². The number of para-hydroxylation sites is 2. The molecule has 0 amide bonds. The zero-order valence-corrected chi connectivity index (χ0v) is 26.2. The van der Waals surface area contributed by atoms with Gasteiger partial charge in [0.2, 0.25) is 13.4 Å². The van der Waals surface area contributed by atoms with E-state index in [-0.39, 0.29) is 13.4 Å². The first-order chi connectivity index (χ1) is 23.8. The average Bonchev–Trinajstić information content (AvgIpc) is 3.65. The maximum Gasteiger partial charge on any atom is 0.247 e. The van der Waals surface area contributed by atoms with Crippen LogP contribution < -0.4 is 32.8 Å². The Balaban J connectivity index is 1.20. The van der Waals surface area contributed by atoms with E-state index in [0.717, 1.165) is 12.8 Å². The number of aromatic nitrogens is 2. The summed E-state index contributed by atoms with van der Waals surface area (Å²) in [6, 6.07) is 51.3. The van der Waals surface area contributed by atoms with Crippen LogP contribution in [0.3, 0.4) is 0 Å². The van der Waals surface area contributed by atoms with Crippen LogP contribution in [0.1, 0.15) is 22.3 Å². The summed E-state index contributed by atoms with van der Waals surface area (Å²) >= 11 is 0. The highest BCUT2D eigenvalue weighted by atomic mass is 15.0. The molecule has 0 saturated heterocycles. The molecule has 7 aromatic carbocycles. The van der Waals surface area contributed by atoms with Crippen LogP contribution in [0.4, 0.5) is 0 Å². The molecule has 0 bridgehead atoms. The molecule has 0 aliphatic carbocycles. The van der Waals surface area contributed by atoms with Crippen LogP contribution in [0.25, 0.3) is 55.0 Å². The number of benzene rings is 7. The standard InChI is InChI=1S/C44H26B2N2/c1-3-11-33-25(9-1)21-27-17-19-29-31-23-32-30-20-18-28-22-26-10-2-4-12-34(26)46-36-14-6-8-16-38(36)48(44(30)42(28)46)40(32)24-39(31)47-37-15-7-5-13-35(37)45(33)41(27)43(29)47/h1-20,23-24H,21-22H2. The zero-order chi connectivity index (χ0) is 30.8. The minimum atomic E-state index is 0.259. The largest absolute Gasteiger partial charge is 0.310 e. The second-order valence-corrected chi connectivity index (χ2v) is 14.4. The first-order valence-electron chi connectivity index (χ1n) is 17.3. The molecule has 4 heteroatoms. The van der Waals surface area contributed by atoms with Crippen molar-refractivity contribution in [2.45, 2.75) is 12.8 Å². The fraction of sp³-hybridized carbons (Fsp3) is 0.0455. The molecule has 0 fully saturated rings. The number of hydrogen-bond donors (Lipinski definition) is 0. The highest BCUT2D eigenvalue weighted by Crippen LogP contribution is 2.42. The van der Waals surface area contributed by atoms with Crippen molar-refractivity contribution in [3.8, 4) is 11.4 Å². The van der Waals surface area contributed by atoms with Gasteiger partial charge in [0.15, 0.2) is 0 Å². The van der Waals surface area contributed by atoms with E-state index in [1.54, 1.807) is 0 Å². The molecule has 0 N–H and O–H groups in total. The Labute approximate surface area is 278 Å². The Kier molecular flexibility index (Phi) is 4.18. The first kappa shape index (κ1) is 24.4. The summed E-state index contributed by atoms with van der Waals surface area (Å²) in [4.78, 5) is 0. The normalized spacial score (nSPS) is 14.4. The Hall–Kier alpha value is -5.73. The predicted molar refractivity (Wildman–Crippen MR) is 203 cm³/mol. The summed E-state index contributed by atoms with van der Waals surface area (Å²) in [6.07, 6.45) is 1.98. The predicted octanol–water partition coefficient (Wildman–Crippen LogP) is 5.35. The fourth-order valence-corrected chi connectivity index (χ4v) is 10.5. The molecule has 9 aromatic rings. The third-order valence-corrected chi connectivity index (χ3v) is 12.3. The van der Waals surface area contributed by atoms with E-state index in [4.69, 9.17) is 0 Å². The lowest BCUT2D eigenvalue weighted by Gasteiger charge is -2.33. The van der Waals surface area contributed by atoms with Crippen molar-refractivity contribution in [2.75, 3.05) is 0 Å². The highest BCUT2D eigenvalue weighted by molar-refractivity contribution is 6.99. The quantitative estimate of drug-likeness (QED) is 0.207. The Morgan fingerprint density at radius 2 is 0.812 bits per heavy atom. The van der Waals surface area contributed by atoms with E-state index in [2.05, 4.69) is 143 Å². The van der Waals surface area contributed by atoms with E-state index in [9.17, 15) is 0 Å². The second kappa shape index (κ2) is 8.21. The summed E-state index contributed by atoms with van der Waals surface area (Å²) in [5.41, 5.74) is 22.6. The van der Waals surface area contributed by atoms with Gasteiger partial charge in [-0.15, -0.1) is 0 Å². The maximum absolute atomic E-state index is 2.61. The Morgan fingerprint density at radius 1 is 0.375 bits per heavy atom. The van der Waals surface area contributed by atoms with Crippen molar-refractivity contribution >= 4 is 89.8 Å². The molecule has 0 atom stereocenters. The second-order valence-electron chi connectivity index (χ2n) is 14.4. The Bertz CT molecular complexity index is 2780. The van der Waals surface area contributed by atoms with E-state index in [1.165, 1.54) is 110 Å². The first-order valence-corrected chi connectivity index (χ1v) is 17.3. The van der Waals surface area contributed by atoms with Crippen LogP contribution in [0.2, 0.25) is 0 Å². The van der Waals surface area contributed by atoms with Crippen LogP contribution >= 0.6 is 0 Å².